The first-order chi connectivity index (χ1) is 18.3. The Balaban J connectivity index is 1.74. The van der Waals surface area contributed by atoms with Gasteiger partial charge < -0.3 is 19.5 Å². The van der Waals surface area contributed by atoms with Crippen LogP contribution >= 0.6 is 0 Å². The average Bonchev–Trinajstić information content (AvgIpc) is 3.18. The predicted octanol–water partition coefficient (Wildman–Crippen LogP) is 4.55. The molecule has 0 saturated heterocycles. The molecule has 1 unspecified atom stereocenters. The molecule has 2 aliphatic rings. The summed E-state index contributed by atoms with van der Waals surface area (Å²) in [6, 6.07) is 18.5. The largest absolute Gasteiger partial charge is 0.506 e. The van der Waals surface area contributed by atoms with Crippen LogP contribution in [0.3, 0.4) is 0 Å². The van der Waals surface area contributed by atoms with Crippen molar-refractivity contribution < 1.29 is 23.8 Å². The van der Waals surface area contributed by atoms with Gasteiger partial charge >= 0.3 is 5.63 Å². The second kappa shape index (κ2) is 8.78. The number of ketones is 1. The number of Topliss-reactive ketones (excluding diaryl/α,β-unsaturated/α-hetero) is 1. The molecular weight excluding hydrogens is 487 g/mol. The molecule has 190 valence electrons. The van der Waals surface area contributed by atoms with Gasteiger partial charge in [-0.1, -0.05) is 42.0 Å². The summed E-state index contributed by atoms with van der Waals surface area (Å²) in [5, 5.41) is 24.3. The number of aliphatic imine (C=N–C) groups is 1. The zero-order chi connectivity index (χ0) is 26.6. The maximum atomic E-state index is 14.0. The molecule has 1 atom stereocenters. The fourth-order valence-electron chi connectivity index (χ4n) is 5.26. The number of hydrogen-bond donors (Lipinski definition) is 2. The van der Waals surface area contributed by atoms with Gasteiger partial charge in [0.25, 0.3) is 0 Å². The number of aromatic hydroxyl groups is 1. The van der Waals surface area contributed by atoms with Gasteiger partial charge in [0, 0.05) is 29.8 Å². The normalized spacial score (nSPS) is 19.0. The van der Waals surface area contributed by atoms with Gasteiger partial charge in [-0.3, -0.25) is 9.79 Å². The van der Waals surface area contributed by atoms with Crippen LogP contribution in [0.1, 0.15) is 33.5 Å². The first kappa shape index (κ1) is 23.8. The lowest BCUT2D eigenvalue weighted by atomic mass is 9.85. The lowest BCUT2D eigenvalue weighted by Crippen LogP contribution is -2.48. The van der Waals surface area contributed by atoms with Crippen LogP contribution < -0.4 is 5.63 Å². The number of carbonyl (C=O) groups is 1. The second-order valence-electron chi connectivity index (χ2n) is 9.44. The van der Waals surface area contributed by atoms with Crippen molar-refractivity contribution in [1.29, 1.82) is 0 Å². The summed E-state index contributed by atoms with van der Waals surface area (Å²) >= 11 is 0. The molecule has 0 bridgehead atoms. The Morgan fingerprint density at radius 1 is 1.05 bits per heavy atom. The molecule has 7 nitrogen and oxygen atoms in total. The second-order valence-corrected chi connectivity index (χ2v) is 9.44. The van der Waals surface area contributed by atoms with E-state index in [1.54, 1.807) is 41.3 Å². The van der Waals surface area contributed by atoms with E-state index >= 15 is 0 Å². The summed E-state index contributed by atoms with van der Waals surface area (Å²) in [7, 11) is 0. The molecule has 0 fully saturated rings. The Hall–Kier alpha value is -4.56. The molecule has 1 aromatic heterocycles. The summed E-state index contributed by atoms with van der Waals surface area (Å²) < 4.78 is 19.2. The molecule has 0 amide bonds. The number of fused-ring (bicyclic) bond motifs is 2. The number of amidine groups is 1. The molecule has 3 heterocycles. The number of nitrogens with zero attached hydrogens (tertiary/aromatic N) is 2. The summed E-state index contributed by atoms with van der Waals surface area (Å²) in [5.74, 6) is -1.29. The van der Waals surface area contributed by atoms with Crippen LogP contribution in [0.2, 0.25) is 0 Å². The number of carbonyl (C=O) groups excluding carboxylic acids is 1. The van der Waals surface area contributed by atoms with E-state index in [4.69, 9.17) is 4.42 Å². The van der Waals surface area contributed by atoms with Crippen LogP contribution in [0.15, 0.2) is 92.6 Å². The standard InChI is InChI=1S/C30H23FN2O5/c1-17-7-11-19(12-8-17)30(37)25(24-27(35)21-5-2-3-6-22(21)38-29(24)36)23(28-32-15-4-16-33(28)30)26(34)18-9-13-20(31)14-10-18/h2-3,5-14,35,37H,4,15-16H2,1H3. The fourth-order valence-corrected chi connectivity index (χ4v) is 5.26. The van der Waals surface area contributed by atoms with Crippen molar-refractivity contribution in [3.63, 3.8) is 0 Å². The van der Waals surface area contributed by atoms with Gasteiger partial charge in [-0.25, -0.2) is 9.18 Å². The number of benzene rings is 3. The molecule has 2 N–H and O–H groups in total. The Labute approximate surface area is 216 Å². The molecule has 2 aliphatic heterocycles. The van der Waals surface area contributed by atoms with Crippen molar-refractivity contribution in [2.24, 2.45) is 4.99 Å². The molecule has 8 heteroatoms. The van der Waals surface area contributed by atoms with Crippen LogP contribution in [0.25, 0.3) is 16.5 Å². The summed E-state index contributed by atoms with van der Waals surface area (Å²) in [4.78, 5) is 33.7. The molecule has 0 spiro atoms. The summed E-state index contributed by atoms with van der Waals surface area (Å²) in [5.41, 5.74) is -1.77. The van der Waals surface area contributed by atoms with Crippen LogP contribution in [0.4, 0.5) is 4.39 Å². The van der Waals surface area contributed by atoms with Crippen LogP contribution in [-0.4, -0.2) is 39.8 Å². The number of aliphatic hydroxyl groups is 1. The van der Waals surface area contributed by atoms with Gasteiger partial charge in [0.05, 0.1) is 11.0 Å². The van der Waals surface area contributed by atoms with Gasteiger partial charge in [0.2, 0.25) is 0 Å². The Morgan fingerprint density at radius 2 is 1.76 bits per heavy atom. The van der Waals surface area contributed by atoms with Crippen LogP contribution in [0, 0.1) is 12.7 Å². The number of aryl methyl sites for hydroxylation is 1. The van der Waals surface area contributed by atoms with Crippen molar-refractivity contribution in [1.82, 2.24) is 4.90 Å². The molecular formula is C30H23FN2O5. The maximum Gasteiger partial charge on any atom is 0.347 e. The number of rotatable bonds is 4. The van der Waals surface area contributed by atoms with E-state index in [-0.39, 0.29) is 39.1 Å². The first-order valence-corrected chi connectivity index (χ1v) is 12.2. The fraction of sp³-hybridized carbons (Fsp3) is 0.167. The van der Waals surface area contributed by atoms with Crippen molar-refractivity contribution in [3.05, 3.63) is 117 Å². The zero-order valence-electron chi connectivity index (χ0n) is 20.4. The minimum absolute atomic E-state index is 0.0442. The van der Waals surface area contributed by atoms with Gasteiger partial charge in [-0.15, -0.1) is 0 Å². The van der Waals surface area contributed by atoms with E-state index < -0.39 is 28.7 Å². The molecule has 4 aromatic rings. The number of para-hydroxylation sites is 1. The van der Waals surface area contributed by atoms with E-state index in [1.807, 2.05) is 19.1 Å². The molecule has 0 radical (unpaired) electrons. The highest BCUT2D eigenvalue weighted by Gasteiger charge is 2.54. The first-order valence-electron chi connectivity index (χ1n) is 12.2. The highest BCUT2D eigenvalue weighted by molar-refractivity contribution is 6.34. The molecule has 3 aromatic carbocycles. The van der Waals surface area contributed by atoms with E-state index in [2.05, 4.69) is 4.99 Å². The summed E-state index contributed by atoms with van der Waals surface area (Å²) in [6.07, 6.45) is 0.598. The summed E-state index contributed by atoms with van der Waals surface area (Å²) in [6.45, 7) is 2.65. The highest BCUT2D eigenvalue weighted by atomic mass is 19.1. The van der Waals surface area contributed by atoms with E-state index in [0.29, 0.717) is 25.1 Å². The third kappa shape index (κ3) is 3.48. The van der Waals surface area contributed by atoms with E-state index in [9.17, 15) is 24.2 Å². The Morgan fingerprint density at radius 3 is 2.50 bits per heavy atom. The smallest absolute Gasteiger partial charge is 0.347 e. The molecule has 0 aliphatic carbocycles. The van der Waals surface area contributed by atoms with Crippen LogP contribution in [-0.2, 0) is 5.72 Å². The lowest BCUT2D eigenvalue weighted by Gasteiger charge is -2.39. The monoisotopic (exact) mass is 510 g/mol. The number of halogens is 1. The minimum atomic E-state index is -2.02. The average molecular weight is 511 g/mol. The van der Waals surface area contributed by atoms with Crippen molar-refractivity contribution in [2.45, 2.75) is 19.1 Å². The highest BCUT2D eigenvalue weighted by Crippen LogP contribution is 2.51. The van der Waals surface area contributed by atoms with Gasteiger partial charge in [0.15, 0.2) is 11.5 Å². The van der Waals surface area contributed by atoms with Crippen LogP contribution in [0.5, 0.6) is 5.75 Å². The maximum absolute atomic E-state index is 14.0. The van der Waals surface area contributed by atoms with Gasteiger partial charge in [0.1, 0.15) is 28.5 Å². The molecule has 6 rings (SSSR count). The Kier molecular flexibility index (Phi) is 5.50. The zero-order valence-corrected chi connectivity index (χ0v) is 20.4. The third-order valence-corrected chi connectivity index (χ3v) is 7.09. The topological polar surface area (TPSA) is 103 Å². The van der Waals surface area contributed by atoms with Gasteiger partial charge in [-0.05, 0) is 49.7 Å². The van der Waals surface area contributed by atoms with Crippen molar-refractivity contribution >= 4 is 28.2 Å². The molecule has 38 heavy (non-hydrogen) atoms. The van der Waals surface area contributed by atoms with Crippen molar-refractivity contribution in [2.75, 3.05) is 13.1 Å². The SMILES string of the molecule is Cc1ccc(C2(O)C(c3c(O)c4ccccc4oc3=O)=C(C(=O)c3ccc(F)cc3)C3=NCCCN32)cc1. The predicted molar refractivity (Wildman–Crippen MR) is 141 cm³/mol. The van der Waals surface area contributed by atoms with Crippen molar-refractivity contribution in [3.8, 4) is 5.75 Å². The minimum Gasteiger partial charge on any atom is -0.506 e. The molecule has 0 saturated carbocycles. The van der Waals surface area contributed by atoms with Gasteiger partial charge in [-0.2, -0.15) is 0 Å². The number of hydrogen-bond acceptors (Lipinski definition) is 7. The van der Waals surface area contributed by atoms with E-state index in [1.165, 1.54) is 12.1 Å². The Bertz CT molecular complexity index is 1720. The third-order valence-electron chi connectivity index (χ3n) is 7.09. The lowest BCUT2D eigenvalue weighted by molar-refractivity contribution is -0.0168. The van der Waals surface area contributed by atoms with E-state index in [0.717, 1.165) is 17.7 Å². The quantitative estimate of drug-likeness (QED) is 0.309.